The largest absolute Gasteiger partial charge is 0.463 e. The molecule has 0 saturated heterocycles. The number of nitrogens with zero attached hydrogens (tertiary/aromatic N) is 2. The first-order valence-corrected chi connectivity index (χ1v) is 7.07. The number of hydrogen-bond acceptors (Lipinski definition) is 2. The molecule has 1 aliphatic carbocycles. The summed E-state index contributed by atoms with van der Waals surface area (Å²) < 4.78 is 143. The zero-order valence-corrected chi connectivity index (χ0v) is 14.0. The highest BCUT2D eigenvalue weighted by Gasteiger charge is 2.81. The van der Waals surface area contributed by atoms with E-state index in [1.807, 2.05) is 0 Å². The zero-order chi connectivity index (χ0) is 21.8. The Balaban J connectivity index is 3.00. The molecule has 0 unspecified atom stereocenters. The van der Waals surface area contributed by atoms with Gasteiger partial charge in [-0.3, -0.25) is 4.79 Å². The van der Waals surface area contributed by atoms with E-state index in [4.69, 9.17) is 11.6 Å². The van der Waals surface area contributed by atoms with Gasteiger partial charge in [-0.25, -0.2) is 0 Å². The van der Waals surface area contributed by atoms with Crippen LogP contribution < -0.4 is 0 Å². The fraction of sp³-hybridized carbons (Fsp3) is 0.750. The Hall–Kier alpha value is -1.47. The number of carbonyl (C=O) groups is 1. The Kier molecular flexibility index (Phi) is 5.72. The van der Waals surface area contributed by atoms with Gasteiger partial charge >= 0.3 is 35.8 Å². The lowest BCUT2D eigenvalue weighted by atomic mass is 10.1. The zero-order valence-electron chi connectivity index (χ0n) is 13.3. The molecule has 0 saturated carbocycles. The van der Waals surface area contributed by atoms with E-state index in [1.165, 1.54) is 0 Å². The molecule has 0 fully saturated rings. The molecule has 15 heteroatoms. The molecule has 0 aromatic carbocycles. The Bertz CT molecular complexity index is 644. The maximum atomic E-state index is 13.6. The molecule has 1 amide bonds. The number of amides is 1. The summed E-state index contributed by atoms with van der Waals surface area (Å²) in [5.41, 5.74) is -2.04. The number of carbonyl (C=O) groups excluding carboxylic acids is 1. The van der Waals surface area contributed by atoms with Crippen LogP contribution >= 0.6 is 11.6 Å². The number of rotatable bonds is 5. The van der Waals surface area contributed by atoms with E-state index in [0.29, 0.717) is 14.1 Å². The molecule has 1 rings (SSSR count). The lowest BCUT2D eigenvalue weighted by Gasteiger charge is -2.30. The maximum absolute atomic E-state index is 13.6. The minimum absolute atomic E-state index is 0.0205. The molecule has 0 aliphatic heterocycles. The van der Waals surface area contributed by atoms with Crippen LogP contribution in [0.25, 0.3) is 0 Å². The van der Waals surface area contributed by atoms with Crippen LogP contribution in [0, 0.1) is 0 Å². The SMILES string of the molecule is CN(CCN(C)C1=C(Cl)C(F)(F)C(F)(F)C1(F)F)C(=O)C(F)(F)C(F)(F)F. The van der Waals surface area contributed by atoms with Crippen molar-refractivity contribution in [1.82, 2.24) is 9.80 Å². The van der Waals surface area contributed by atoms with E-state index >= 15 is 0 Å². The molecule has 0 aromatic rings. The molecule has 1 aliphatic rings. The summed E-state index contributed by atoms with van der Waals surface area (Å²) in [7, 11) is 0.991. The van der Waals surface area contributed by atoms with Gasteiger partial charge in [0.1, 0.15) is 10.7 Å². The number of alkyl halides is 11. The molecule has 27 heavy (non-hydrogen) atoms. The fourth-order valence-electron chi connectivity index (χ4n) is 2.05. The summed E-state index contributed by atoms with van der Waals surface area (Å²) in [6, 6.07) is 0. The number of halogens is 12. The van der Waals surface area contributed by atoms with Crippen LogP contribution in [0.4, 0.5) is 48.3 Å². The van der Waals surface area contributed by atoms with Crippen LogP contribution in [-0.4, -0.2) is 72.8 Å². The molecule has 0 N–H and O–H groups in total. The minimum Gasteiger partial charge on any atom is -0.370 e. The van der Waals surface area contributed by atoms with Crippen LogP contribution in [0.5, 0.6) is 0 Å². The highest BCUT2D eigenvalue weighted by molar-refractivity contribution is 6.31. The first kappa shape index (κ1) is 23.6. The van der Waals surface area contributed by atoms with Crippen molar-refractivity contribution in [2.45, 2.75) is 29.9 Å². The minimum atomic E-state index is -6.24. The fourth-order valence-corrected chi connectivity index (χ4v) is 2.43. The lowest BCUT2D eigenvalue weighted by molar-refractivity contribution is -0.274. The number of hydrogen-bond donors (Lipinski definition) is 0. The van der Waals surface area contributed by atoms with Gasteiger partial charge in [0.2, 0.25) is 0 Å². The van der Waals surface area contributed by atoms with Gasteiger partial charge in [0, 0.05) is 27.2 Å². The lowest BCUT2D eigenvalue weighted by Crippen LogP contribution is -2.53. The Morgan fingerprint density at radius 2 is 1.37 bits per heavy atom. The highest BCUT2D eigenvalue weighted by Crippen LogP contribution is 2.60. The van der Waals surface area contributed by atoms with Crippen molar-refractivity contribution in [1.29, 1.82) is 0 Å². The third-order valence-electron chi connectivity index (χ3n) is 3.69. The monoisotopic (exact) mass is 442 g/mol. The van der Waals surface area contributed by atoms with Crippen molar-refractivity contribution in [3.63, 3.8) is 0 Å². The molecule has 0 aromatic heterocycles. The summed E-state index contributed by atoms with van der Waals surface area (Å²) in [4.78, 5) is 11.0. The van der Waals surface area contributed by atoms with Gasteiger partial charge in [0.25, 0.3) is 0 Å². The number of allylic oxidation sites excluding steroid dienone is 2. The second-order valence-electron chi connectivity index (χ2n) is 5.61. The topological polar surface area (TPSA) is 23.6 Å². The van der Waals surface area contributed by atoms with E-state index in [2.05, 4.69) is 0 Å². The normalized spacial score (nSPS) is 21.4. The summed E-state index contributed by atoms with van der Waals surface area (Å²) in [5, 5.41) is -2.21. The standard InChI is InChI=1S/C12H10ClF11N2O/c1-25(3-4-26(2)7(27)10(18,19)12(22,23)24)6-5(13)8(14,15)11(20,21)9(6,16)17/h3-4H2,1-2H3. The third-order valence-corrected chi connectivity index (χ3v) is 4.11. The Morgan fingerprint density at radius 3 is 1.70 bits per heavy atom. The van der Waals surface area contributed by atoms with E-state index in [-0.39, 0.29) is 9.80 Å². The molecular formula is C12H10ClF11N2O. The van der Waals surface area contributed by atoms with Crippen molar-refractivity contribution in [2.24, 2.45) is 0 Å². The van der Waals surface area contributed by atoms with E-state index in [1.54, 1.807) is 0 Å². The Morgan fingerprint density at radius 1 is 0.926 bits per heavy atom. The van der Waals surface area contributed by atoms with Crippen molar-refractivity contribution in [2.75, 3.05) is 27.2 Å². The van der Waals surface area contributed by atoms with Gasteiger partial charge in [0.15, 0.2) is 0 Å². The van der Waals surface area contributed by atoms with Gasteiger partial charge in [-0.2, -0.15) is 48.3 Å². The Labute approximate surface area is 149 Å². The average Bonchev–Trinajstić information content (AvgIpc) is 2.58. The van der Waals surface area contributed by atoms with Crippen LogP contribution in [0.1, 0.15) is 0 Å². The molecule has 0 radical (unpaired) electrons. The quantitative estimate of drug-likeness (QED) is 0.602. The molecule has 0 heterocycles. The highest BCUT2D eigenvalue weighted by atomic mass is 35.5. The van der Waals surface area contributed by atoms with Crippen molar-refractivity contribution in [3.8, 4) is 0 Å². The van der Waals surface area contributed by atoms with E-state index in [0.717, 1.165) is 0 Å². The summed E-state index contributed by atoms with van der Waals surface area (Å²) in [6.07, 6.45) is -6.24. The molecule has 0 atom stereocenters. The van der Waals surface area contributed by atoms with Crippen molar-refractivity contribution >= 4 is 17.5 Å². The average molecular weight is 443 g/mol. The summed E-state index contributed by atoms with van der Waals surface area (Å²) >= 11 is 4.92. The van der Waals surface area contributed by atoms with Gasteiger partial charge in [0.05, 0.1) is 0 Å². The van der Waals surface area contributed by atoms with Crippen LogP contribution in [0.15, 0.2) is 10.7 Å². The van der Waals surface area contributed by atoms with Gasteiger partial charge in [-0.05, 0) is 0 Å². The second-order valence-corrected chi connectivity index (χ2v) is 5.98. The van der Waals surface area contributed by atoms with Crippen molar-refractivity contribution in [3.05, 3.63) is 10.7 Å². The first-order valence-electron chi connectivity index (χ1n) is 6.70. The summed E-state index contributed by atoms with van der Waals surface area (Å²) in [5.74, 6) is -25.3. The van der Waals surface area contributed by atoms with Gasteiger partial charge in [-0.1, -0.05) is 11.6 Å². The molecule has 158 valence electrons. The molecule has 0 spiro atoms. The van der Waals surface area contributed by atoms with E-state index < -0.39 is 59.6 Å². The van der Waals surface area contributed by atoms with Crippen LogP contribution in [0.3, 0.4) is 0 Å². The van der Waals surface area contributed by atoms with Gasteiger partial charge in [-0.15, -0.1) is 0 Å². The van der Waals surface area contributed by atoms with Crippen LogP contribution in [0.2, 0.25) is 0 Å². The molecular weight excluding hydrogens is 433 g/mol. The molecule has 3 nitrogen and oxygen atoms in total. The third kappa shape index (κ3) is 3.40. The van der Waals surface area contributed by atoms with Crippen LogP contribution in [-0.2, 0) is 4.79 Å². The van der Waals surface area contributed by atoms with E-state index in [9.17, 15) is 53.1 Å². The second kappa shape index (κ2) is 6.55. The number of likely N-dealkylation sites (N-methyl/N-ethyl adjacent to an activating group) is 2. The molecule has 0 bridgehead atoms. The predicted octanol–water partition coefficient (Wildman–Crippen LogP) is 3.94. The summed E-state index contributed by atoms with van der Waals surface area (Å²) in [6.45, 7) is -2.20. The predicted molar refractivity (Wildman–Crippen MR) is 69.0 cm³/mol. The van der Waals surface area contributed by atoms with Crippen molar-refractivity contribution < 1.29 is 53.1 Å². The van der Waals surface area contributed by atoms with Gasteiger partial charge < -0.3 is 9.80 Å². The smallest absolute Gasteiger partial charge is 0.370 e. The maximum Gasteiger partial charge on any atom is 0.463 e. The first-order chi connectivity index (χ1) is 11.7.